The number of aliphatic hydroxyl groups is 1. The smallest absolute Gasteiger partial charge is 0.257 e. The van der Waals surface area contributed by atoms with Crippen molar-refractivity contribution >= 4 is 11.6 Å². The summed E-state index contributed by atoms with van der Waals surface area (Å²) in [6.07, 6.45) is 0.0578. The van der Waals surface area contributed by atoms with Crippen LogP contribution < -0.4 is 4.74 Å². The molecule has 1 saturated carbocycles. The zero-order valence-electron chi connectivity index (χ0n) is 15.6. The zero-order valence-corrected chi connectivity index (χ0v) is 16.3. The Labute approximate surface area is 164 Å². The number of rotatable bonds is 5. The van der Waals surface area contributed by atoms with Gasteiger partial charge in [-0.05, 0) is 61.1 Å². The third-order valence-corrected chi connectivity index (χ3v) is 5.72. The first-order chi connectivity index (χ1) is 12.8. The van der Waals surface area contributed by atoms with E-state index in [1.165, 1.54) is 6.92 Å². The van der Waals surface area contributed by atoms with E-state index in [0.29, 0.717) is 23.6 Å². The van der Waals surface area contributed by atoms with Gasteiger partial charge < -0.3 is 9.84 Å². The molecule has 1 fully saturated rings. The van der Waals surface area contributed by atoms with Crippen molar-refractivity contribution in [2.24, 2.45) is 5.92 Å². The topological polar surface area (TPSA) is 29.5 Å². The number of hydrogen-bond acceptors (Lipinski definition) is 2. The molecule has 2 aromatic rings. The van der Waals surface area contributed by atoms with Crippen LogP contribution in [0.25, 0.3) is 0 Å². The molecule has 2 unspecified atom stereocenters. The molecule has 0 radical (unpaired) electrons. The highest BCUT2D eigenvalue weighted by atomic mass is 35.5. The van der Waals surface area contributed by atoms with Crippen LogP contribution in [0.3, 0.4) is 0 Å². The van der Waals surface area contributed by atoms with E-state index in [1.54, 1.807) is 18.2 Å². The highest BCUT2D eigenvalue weighted by Crippen LogP contribution is 2.48. The Balaban J connectivity index is 1.85. The lowest BCUT2D eigenvalue weighted by atomic mass is 9.74. The maximum atomic E-state index is 14.7. The van der Waals surface area contributed by atoms with Crippen molar-refractivity contribution in [3.8, 4) is 5.75 Å². The van der Waals surface area contributed by atoms with Gasteiger partial charge >= 0.3 is 0 Å². The maximum absolute atomic E-state index is 14.7. The third kappa shape index (κ3) is 4.44. The van der Waals surface area contributed by atoms with Gasteiger partial charge in [0.1, 0.15) is 5.75 Å². The summed E-state index contributed by atoms with van der Waals surface area (Å²) in [7, 11) is 0. The van der Waals surface area contributed by atoms with Gasteiger partial charge in [-0.25, -0.2) is 8.78 Å². The molecule has 27 heavy (non-hydrogen) atoms. The van der Waals surface area contributed by atoms with Crippen LogP contribution >= 0.6 is 11.6 Å². The first-order valence-electron chi connectivity index (χ1n) is 9.37. The predicted molar refractivity (Wildman–Crippen MR) is 104 cm³/mol. The van der Waals surface area contributed by atoms with E-state index in [2.05, 4.69) is 0 Å². The van der Waals surface area contributed by atoms with Crippen molar-refractivity contribution in [1.82, 2.24) is 0 Å². The monoisotopic (exact) mass is 394 g/mol. The Morgan fingerprint density at radius 2 is 1.85 bits per heavy atom. The van der Waals surface area contributed by atoms with Crippen LogP contribution in [0, 0.1) is 5.92 Å². The fraction of sp³-hybridized carbons (Fsp3) is 0.455. The van der Waals surface area contributed by atoms with E-state index in [4.69, 9.17) is 16.3 Å². The van der Waals surface area contributed by atoms with Crippen molar-refractivity contribution in [3.05, 3.63) is 64.2 Å². The Morgan fingerprint density at radius 3 is 2.52 bits per heavy atom. The average Bonchev–Trinajstić information content (AvgIpc) is 2.62. The van der Waals surface area contributed by atoms with Gasteiger partial charge in [-0.15, -0.1) is 0 Å². The van der Waals surface area contributed by atoms with Crippen molar-refractivity contribution in [2.45, 2.75) is 51.1 Å². The number of alkyl halides is 2. The Kier molecular flexibility index (Phi) is 6.07. The average molecular weight is 395 g/mol. The molecule has 0 bridgehead atoms. The van der Waals surface area contributed by atoms with Crippen molar-refractivity contribution in [3.63, 3.8) is 0 Å². The molecule has 3 atom stereocenters. The molecule has 1 aliphatic carbocycles. The van der Waals surface area contributed by atoms with E-state index in [0.717, 1.165) is 16.9 Å². The Morgan fingerprint density at radius 1 is 1.15 bits per heavy atom. The molecule has 1 N–H and O–H groups in total. The second-order valence-electron chi connectivity index (χ2n) is 7.36. The van der Waals surface area contributed by atoms with Gasteiger partial charge in [0.15, 0.2) is 0 Å². The second kappa shape index (κ2) is 8.15. The summed E-state index contributed by atoms with van der Waals surface area (Å²) in [6.45, 7) is 4.04. The summed E-state index contributed by atoms with van der Waals surface area (Å²) in [4.78, 5) is 0. The minimum absolute atomic E-state index is 0.0709. The van der Waals surface area contributed by atoms with E-state index in [1.807, 2.05) is 31.2 Å². The van der Waals surface area contributed by atoms with Crippen LogP contribution in [0.1, 0.15) is 49.3 Å². The first-order valence-corrected chi connectivity index (χ1v) is 9.75. The molecule has 0 heterocycles. The van der Waals surface area contributed by atoms with Gasteiger partial charge in [0.05, 0.1) is 18.6 Å². The fourth-order valence-corrected chi connectivity index (χ4v) is 4.01. The minimum atomic E-state index is -2.84. The highest BCUT2D eigenvalue weighted by molar-refractivity contribution is 6.31. The molecule has 0 aliphatic heterocycles. The van der Waals surface area contributed by atoms with E-state index < -0.39 is 23.9 Å². The lowest BCUT2D eigenvalue weighted by molar-refractivity contribution is -0.123. The molecular formula is C22H25ClF2O2. The number of aliphatic hydroxyl groups excluding tert-OH is 1. The molecule has 1 aliphatic rings. The van der Waals surface area contributed by atoms with Crippen molar-refractivity contribution < 1.29 is 18.6 Å². The van der Waals surface area contributed by atoms with E-state index >= 15 is 0 Å². The summed E-state index contributed by atoms with van der Waals surface area (Å²) >= 11 is 6.33. The predicted octanol–water partition coefficient (Wildman–Crippen LogP) is 5.84. The molecule has 0 aromatic heterocycles. The zero-order chi connectivity index (χ0) is 19.6. The van der Waals surface area contributed by atoms with Gasteiger partial charge in [0.25, 0.3) is 5.92 Å². The summed E-state index contributed by atoms with van der Waals surface area (Å²) in [6, 6.07) is 12.8. The molecule has 146 valence electrons. The SMILES string of the molecule is CCOc1ccc(Cc2cc(C3C[C@@H](O)CC(C)C3(F)F)ccc2Cl)cc1. The molecule has 5 heteroatoms. The highest BCUT2D eigenvalue weighted by Gasteiger charge is 2.50. The van der Waals surface area contributed by atoms with Crippen LogP contribution in [0.4, 0.5) is 8.78 Å². The summed E-state index contributed by atoms with van der Waals surface area (Å²) in [5.41, 5.74) is 2.37. The largest absolute Gasteiger partial charge is 0.494 e. The van der Waals surface area contributed by atoms with Crippen molar-refractivity contribution in [1.29, 1.82) is 0 Å². The van der Waals surface area contributed by atoms with Gasteiger partial charge in [-0.1, -0.05) is 42.8 Å². The molecule has 0 spiro atoms. The number of halogens is 3. The summed E-state index contributed by atoms with van der Waals surface area (Å²) in [5.74, 6) is -3.89. The second-order valence-corrected chi connectivity index (χ2v) is 7.77. The third-order valence-electron chi connectivity index (χ3n) is 5.36. The molecule has 3 rings (SSSR count). The Bertz CT molecular complexity index is 776. The van der Waals surface area contributed by atoms with Crippen LogP contribution in [0.2, 0.25) is 5.02 Å². The van der Waals surface area contributed by atoms with Crippen LogP contribution in [-0.2, 0) is 6.42 Å². The molecule has 2 aromatic carbocycles. The first kappa shape index (κ1) is 20.1. The molecular weight excluding hydrogens is 370 g/mol. The van der Waals surface area contributed by atoms with Gasteiger partial charge in [0.2, 0.25) is 0 Å². The van der Waals surface area contributed by atoms with Crippen LogP contribution in [-0.4, -0.2) is 23.7 Å². The summed E-state index contributed by atoms with van der Waals surface area (Å²) < 4.78 is 34.9. The molecule has 2 nitrogen and oxygen atoms in total. The van der Waals surface area contributed by atoms with Gasteiger partial charge in [0, 0.05) is 10.9 Å². The Hall–Kier alpha value is -1.65. The van der Waals surface area contributed by atoms with Crippen LogP contribution in [0.15, 0.2) is 42.5 Å². The number of benzene rings is 2. The standard InChI is InChI=1S/C22H25ClF2O2/c1-3-27-19-7-4-15(5-8-19)11-17-12-16(6-9-21(17)23)20-13-18(26)10-14(2)22(20,24)25/h4-9,12,14,18,20,26H,3,10-11,13H2,1-2H3/t14?,18-,20?/m0/s1. The fourth-order valence-electron chi connectivity index (χ4n) is 3.83. The lowest BCUT2D eigenvalue weighted by Crippen LogP contribution is -2.42. The van der Waals surface area contributed by atoms with Gasteiger partial charge in [-0.2, -0.15) is 0 Å². The van der Waals surface area contributed by atoms with E-state index in [-0.39, 0.29) is 12.8 Å². The minimum Gasteiger partial charge on any atom is -0.494 e. The number of hydrogen-bond donors (Lipinski definition) is 1. The molecule has 0 saturated heterocycles. The quantitative estimate of drug-likeness (QED) is 0.690. The maximum Gasteiger partial charge on any atom is 0.257 e. The van der Waals surface area contributed by atoms with Crippen LogP contribution in [0.5, 0.6) is 5.75 Å². The van der Waals surface area contributed by atoms with Gasteiger partial charge in [-0.3, -0.25) is 0 Å². The normalized spacial score (nSPS) is 24.6. The summed E-state index contributed by atoms with van der Waals surface area (Å²) in [5, 5.41) is 10.6. The number of ether oxygens (including phenoxy) is 1. The van der Waals surface area contributed by atoms with Crippen molar-refractivity contribution in [2.75, 3.05) is 6.61 Å². The lowest BCUT2D eigenvalue weighted by Gasteiger charge is -2.39. The molecule has 0 amide bonds. The van der Waals surface area contributed by atoms with E-state index in [9.17, 15) is 13.9 Å².